The van der Waals surface area contributed by atoms with Crippen molar-refractivity contribution in [1.29, 1.82) is 0 Å². The third kappa shape index (κ3) is 3.61. The lowest BCUT2D eigenvalue weighted by molar-refractivity contribution is -0.137. The normalized spacial score (nSPS) is 11.5. The van der Waals surface area contributed by atoms with E-state index in [0.717, 1.165) is 18.2 Å². The minimum atomic E-state index is -4.49. The highest BCUT2D eigenvalue weighted by Crippen LogP contribution is 2.30. The third-order valence-corrected chi connectivity index (χ3v) is 3.18. The van der Waals surface area contributed by atoms with Gasteiger partial charge in [-0.15, -0.1) is 0 Å². The Morgan fingerprint density at radius 1 is 1.10 bits per heavy atom. The summed E-state index contributed by atoms with van der Waals surface area (Å²) in [6.45, 7) is 0. The Kier molecular flexibility index (Phi) is 4.32. The molecule has 0 N–H and O–H groups in total. The van der Waals surface area contributed by atoms with E-state index in [2.05, 4.69) is 0 Å². The van der Waals surface area contributed by atoms with Crippen LogP contribution in [-0.2, 0) is 12.6 Å². The lowest BCUT2D eigenvalue weighted by Crippen LogP contribution is -2.09. The van der Waals surface area contributed by atoms with Crippen LogP contribution in [0.25, 0.3) is 0 Å². The number of benzene rings is 2. The Morgan fingerprint density at radius 3 is 2.38 bits per heavy atom. The molecule has 0 atom stereocenters. The van der Waals surface area contributed by atoms with E-state index < -0.39 is 23.3 Å². The van der Waals surface area contributed by atoms with Crippen LogP contribution in [0.5, 0.6) is 0 Å². The maximum Gasteiger partial charge on any atom is 0.416 e. The van der Waals surface area contributed by atoms with Crippen LogP contribution in [0.15, 0.2) is 42.5 Å². The van der Waals surface area contributed by atoms with Crippen molar-refractivity contribution in [2.24, 2.45) is 0 Å². The summed E-state index contributed by atoms with van der Waals surface area (Å²) in [4.78, 5) is 12.0. The standard InChI is InChI=1S/C15H9ClF4O/c16-11-5-2-6-12(17)14(11)13(21)8-9-3-1-4-10(7-9)15(18,19)20/h1-7H,8H2. The van der Waals surface area contributed by atoms with Crippen LogP contribution in [-0.4, -0.2) is 5.78 Å². The molecule has 0 saturated carbocycles. The van der Waals surface area contributed by atoms with Crippen molar-refractivity contribution in [3.63, 3.8) is 0 Å². The molecular formula is C15H9ClF4O. The first-order valence-corrected chi connectivity index (χ1v) is 6.30. The Balaban J connectivity index is 2.28. The molecule has 0 radical (unpaired) electrons. The fraction of sp³-hybridized carbons (Fsp3) is 0.133. The second-order valence-corrected chi connectivity index (χ2v) is 4.80. The quantitative estimate of drug-likeness (QED) is 0.580. The Bertz CT molecular complexity index is 659. The van der Waals surface area contributed by atoms with E-state index in [4.69, 9.17) is 11.6 Å². The second-order valence-electron chi connectivity index (χ2n) is 4.39. The number of rotatable bonds is 3. The molecular weight excluding hydrogens is 308 g/mol. The Labute approximate surface area is 123 Å². The summed E-state index contributed by atoms with van der Waals surface area (Å²) in [7, 11) is 0. The van der Waals surface area contributed by atoms with Gasteiger partial charge < -0.3 is 0 Å². The number of carbonyl (C=O) groups is 1. The largest absolute Gasteiger partial charge is 0.416 e. The number of hydrogen-bond donors (Lipinski definition) is 0. The summed E-state index contributed by atoms with van der Waals surface area (Å²) >= 11 is 5.75. The molecule has 0 bridgehead atoms. The van der Waals surface area contributed by atoms with Crippen LogP contribution < -0.4 is 0 Å². The fourth-order valence-corrected chi connectivity index (χ4v) is 2.16. The van der Waals surface area contributed by atoms with Gasteiger partial charge in [0, 0.05) is 6.42 Å². The minimum absolute atomic E-state index is 0.0630. The number of carbonyl (C=O) groups excluding carboxylic acids is 1. The molecule has 0 aromatic heterocycles. The summed E-state index contributed by atoms with van der Waals surface area (Å²) in [6.07, 6.45) is -4.85. The highest BCUT2D eigenvalue weighted by Gasteiger charge is 2.30. The predicted octanol–water partition coefficient (Wildman–Crippen LogP) is 4.92. The molecule has 0 heterocycles. The SMILES string of the molecule is O=C(Cc1cccc(C(F)(F)F)c1)c1c(F)cccc1Cl. The van der Waals surface area contributed by atoms with E-state index >= 15 is 0 Å². The van der Waals surface area contributed by atoms with Gasteiger partial charge in [-0.2, -0.15) is 13.2 Å². The van der Waals surface area contributed by atoms with Crippen molar-refractivity contribution < 1.29 is 22.4 Å². The predicted molar refractivity (Wildman–Crippen MR) is 70.9 cm³/mol. The van der Waals surface area contributed by atoms with Gasteiger partial charge in [0.25, 0.3) is 0 Å². The zero-order chi connectivity index (χ0) is 15.6. The molecule has 0 amide bonds. The van der Waals surface area contributed by atoms with Gasteiger partial charge in [0.2, 0.25) is 0 Å². The maximum absolute atomic E-state index is 13.6. The third-order valence-electron chi connectivity index (χ3n) is 2.86. The average molecular weight is 317 g/mol. The molecule has 0 aliphatic heterocycles. The summed E-state index contributed by atoms with van der Waals surface area (Å²) in [5, 5.41) is -0.0630. The summed E-state index contributed by atoms with van der Waals surface area (Å²) in [6, 6.07) is 8.13. The van der Waals surface area contributed by atoms with Crippen molar-refractivity contribution in [3.8, 4) is 0 Å². The van der Waals surface area contributed by atoms with Crippen LogP contribution in [0.3, 0.4) is 0 Å². The molecule has 2 aromatic rings. The Morgan fingerprint density at radius 2 is 1.76 bits per heavy atom. The topological polar surface area (TPSA) is 17.1 Å². The molecule has 2 aromatic carbocycles. The van der Waals surface area contributed by atoms with E-state index in [1.165, 1.54) is 24.3 Å². The fourth-order valence-electron chi connectivity index (χ4n) is 1.90. The van der Waals surface area contributed by atoms with E-state index in [1.54, 1.807) is 0 Å². The van der Waals surface area contributed by atoms with Gasteiger partial charge in [-0.05, 0) is 23.8 Å². The molecule has 21 heavy (non-hydrogen) atoms. The highest BCUT2D eigenvalue weighted by molar-refractivity contribution is 6.34. The first kappa shape index (κ1) is 15.5. The van der Waals surface area contributed by atoms with Crippen molar-refractivity contribution in [2.45, 2.75) is 12.6 Å². The lowest BCUT2D eigenvalue weighted by atomic mass is 10.0. The average Bonchev–Trinajstić information content (AvgIpc) is 2.37. The van der Waals surface area contributed by atoms with Gasteiger partial charge in [0.05, 0.1) is 16.1 Å². The second kappa shape index (κ2) is 5.85. The summed E-state index contributed by atoms with van der Waals surface area (Å²) < 4.78 is 51.4. The molecule has 0 unspecified atom stereocenters. The number of Topliss-reactive ketones (excluding diaryl/α,β-unsaturated/α-hetero) is 1. The van der Waals surface area contributed by atoms with Gasteiger partial charge in [-0.3, -0.25) is 4.79 Å². The van der Waals surface area contributed by atoms with E-state index in [1.807, 2.05) is 0 Å². The van der Waals surface area contributed by atoms with Crippen LogP contribution in [0.4, 0.5) is 17.6 Å². The van der Waals surface area contributed by atoms with Crippen LogP contribution in [0.2, 0.25) is 5.02 Å². The minimum Gasteiger partial charge on any atom is -0.294 e. The number of halogens is 5. The van der Waals surface area contributed by atoms with Crippen molar-refractivity contribution in [2.75, 3.05) is 0 Å². The monoisotopic (exact) mass is 316 g/mol. The van der Waals surface area contributed by atoms with E-state index in [-0.39, 0.29) is 22.6 Å². The Hall–Kier alpha value is -1.88. The first-order chi connectivity index (χ1) is 9.79. The molecule has 0 fully saturated rings. The number of hydrogen-bond acceptors (Lipinski definition) is 1. The van der Waals surface area contributed by atoms with Crippen LogP contribution in [0, 0.1) is 5.82 Å². The molecule has 110 valence electrons. The lowest BCUT2D eigenvalue weighted by Gasteiger charge is -2.09. The zero-order valence-corrected chi connectivity index (χ0v) is 11.3. The maximum atomic E-state index is 13.6. The van der Waals surface area contributed by atoms with Gasteiger partial charge in [-0.1, -0.05) is 35.9 Å². The first-order valence-electron chi connectivity index (χ1n) is 5.92. The van der Waals surface area contributed by atoms with Crippen molar-refractivity contribution >= 4 is 17.4 Å². The zero-order valence-electron chi connectivity index (χ0n) is 10.5. The van der Waals surface area contributed by atoms with Gasteiger partial charge in [0.1, 0.15) is 5.82 Å². The van der Waals surface area contributed by atoms with E-state index in [9.17, 15) is 22.4 Å². The molecule has 6 heteroatoms. The van der Waals surface area contributed by atoms with Crippen molar-refractivity contribution in [1.82, 2.24) is 0 Å². The van der Waals surface area contributed by atoms with Gasteiger partial charge in [-0.25, -0.2) is 4.39 Å². The molecule has 1 nitrogen and oxygen atoms in total. The smallest absolute Gasteiger partial charge is 0.294 e. The van der Waals surface area contributed by atoms with Gasteiger partial charge in [0.15, 0.2) is 5.78 Å². The molecule has 0 aliphatic carbocycles. The summed E-state index contributed by atoms with van der Waals surface area (Å²) in [5.41, 5.74) is -1.02. The van der Waals surface area contributed by atoms with Crippen molar-refractivity contribution in [3.05, 3.63) is 70.0 Å². The number of alkyl halides is 3. The molecule has 0 spiro atoms. The molecule has 2 rings (SSSR count). The van der Waals surface area contributed by atoms with Crippen LogP contribution in [0.1, 0.15) is 21.5 Å². The molecule has 0 saturated heterocycles. The van der Waals surface area contributed by atoms with Gasteiger partial charge >= 0.3 is 6.18 Å². The van der Waals surface area contributed by atoms with Crippen LogP contribution >= 0.6 is 11.6 Å². The molecule has 0 aliphatic rings. The highest BCUT2D eigenvalue weighted by atomic mass is 35.5. The summed E-state index contributed by atoms with van der Waals surface area (Å²) in [5.74, 6) is -1.46. The number of ketones is 1. The van der Waals surface area contributed by atoms with E-state index in [0.29, 0.717) is 0 Å².